The van der Waals surface area contributed by atoms with E-state index in [0.717, 1.165) is 56.5 Å². The molecule has 4 fully saturated rings. The summed E-state index contributed by atoms with van der Waals surface area (Å²) in [6, 6.07) is 0. The highest BCUT2D eigenvalue weighted by molar-refractivity contribution is 7.80. The molecule has 0 spiro atoms. The van der Waals surface area contributed by atoms with Gasteiger partial charge in [-0.15, -0.1) is 0 Å². The third kappa shape index (κ3) is 3.46. The van der Waals surface area contributed by atoms with E-state index in [1.54, 1.807) is 0 Å². The number of carbonyl (C=O) groups excluding carboxylic acids is 1. The molecule has 0 aromatic heterocycles. The number of rotatable bonds is 5. The van der Waals surface area contributed by atoms with E-state index in [1.165, 1.54) is 19.3 Å². The summed E-state index contributed by atoms with van der Waals surface area (Å²) in [5, 5.41) is 6.68. The minimum Gasteiger partial charge on any atom is -0.362 e. The molecule has 0 aromatic carbocycles. The van der Waals surface area contributed by atoms with Gasteiger partial charge in [-0.05, 0) is 95.6 Å². The maximum Gasteiger partial charge on any atom is 0.232 e. The highest BCUT2D eigenvalue weighted by atomic mass is 32.1. The molecular weight excluding hydrogens is 294 g/mol. The molecule has 2 N–H and O–H groups in total. The van der Waals surface area contributed by atoms with Gasteiger partial charge in [0, 0.05) is 6.54 Å². The predicted molar refractivity (Wildman–Crippen MR) is 92.5 cm³/mol. The molecule has 5 heteroatoms. The van der Waals surface area contributed by atoms with E-state index >= 15 is 0 Å². The van der Waals surface area contributed by atoms with Gasteiger partial charge in [-0.3, -0.25) is 4.79 Å². The summed E-state index contributed by atoms with van der Waals surface area (Å²) in [7, 11) is 4.13. The van der Waals surface area contributed by atoms with Gasteiger partial charge >= 0.3 is 0 Å². The van der Waals surface area contributed by atoms with Crippen molar-refractivity contribution in [3.05, 3.63) is 0 Å². The molecule has 4 aliphatic rings. The number of nitrogens with one attached hydrogen (secondary N) is 2. The topological polar surface area (TPSA) is 44.4 Å². The second kappa shape index (κ2) is 6.44. The van der Waals surface area contributed by atoms with Crippen LogP contribution in [-0.2, 0) is 4.79 Å². The molecule has 22 heavy (non-hydrogen) atoms. The van der Waals surface area contributed by atoms with Crippen molar-refractivity contribution < 1.29 is 4.79 Å². The third-order valence-electron chi connectivity index (χ3n) is 5.81. The Morgan fingerprint density at radius 1 is 1.14 bits per heavy atom. The normalized spacial score (nSPS) is 35.7. The molecule has 1 amide bonds. The number of nitrogens with zero attached hydrogens (tertiary/aromatic N) is 1. The van der Waals surface area contributed by atoms with Crippen LogP contribution < -0.4 is 10.6 Å². The largest absolute Gasteiger partial charge is 0.362 e. The Hall–Kier alpha value is -0.680. The standard InChI is InChI=1S/C17H29N3OS/c1-20(2)5-3-4-18-16(22)19-15(21)17-9-12-6-13(10-17)8-14(7-12)11-17/h12-14H,3-11H2,1-2H3,(H2,18,19,21,22). The Kier molecular flexibility index (Phi) is 4.74. The van der Waals surface area contributed by atoms with E-state index in [0.29, 0.717) is 5.11 Å². The van der Waals surface area contributed by atoms with Crippen molar-refractivity contribution in [2.24, 2.45) is 23.2 Å². The maximum atomic E-state index is 12.8. The van der Waals surface area contributed by atoms with Crippen LogP contribution in [0.4, 0.5) is 0 Å². The highest BCUT2D eigenvalue weighted by Gasteiger charge is 2.54. The Labute approximate surface area is 139 Å². The van der Waals surface area contributed by atoms with Gasteiger partial charge in [0.25, 0.3) is 0 Å². The molecule has 124 valence electrons. The molecule has 0 saturated heterocycles. The van der Waals surface area contributed by atoms with Gasteiger partial charge in [-0.25, -0.2) is 0 Å². The van der Waals surface area contributed by atoms with Crippen molar-refractivity contribution in [2.45, 2.75) is 44.9 Å². The van der Waals surface area contributed by atoms with Gasteiger partial charge in [-0.1, -0.05) is 0 Å². The first-order valence-corrected chi connectivity index (χ1v) is 9.12. The van der Waals surface area contributed by atoms with Crippen LogP contribution in [-0.4, -0.2) is 43.1 Å². The summed E-state index contributed by atoms with van der Waals surface area (Å²) >= 11 is 5.31. The van der Waals surface area contributed by atoms with Crippen molar-refractivity contribution in [1.29, 1.82) is 0 Å². The summed E-state index contributed by atoms with van der Waals surface area (Å²) in [6.07, 6.45) is 8.38. The maximum absolute atomic E-state index is 12.8. The molecule has 0 heterocycles. The fourth-order valence-electron chi connectivity index (χ4n) is 5.27. The minimum absolute atomic E-state index is 0.107. The quantitative estimate of drug-likeness (QED) is 0.601. The molecule has 4 bridgehead atoms. The van der Waals surface area contributed by atoms with E-state index in [1.807, 2.05) is 0 Å². The van der Waals surface area contributed by atoms with Crippen molar-refractivity contribution in [3.63, 3.8) is 0 Å². The molecule has 0 aromatic rings. The molecule has 4 rings (SSSR count). The van der Waals surface area contributed by atoms with Gasteiger partial charge in [0.15, 0.2) is 5.11 Å². The number of hydrogen-bond donors (Lipinski definition) is 2. The van der Waals surface area contributed by atoms with Crippen LogP contribution in [0.15, 0.2) is 0 Å². The lowest BCUT2D eigenvalue weighted by Gasteiger charge is -2.55. The summed E-state index contributed by atoms with van der Waals surface area (Å²) in [5.74, 6) is 2.56. The number of hydrogen-bond acceptors (Lipinski definition) is 3. The van der Waals surface area contributed by atoms with Gasteiger partial charge in [0.2, 0.25) is 5.91 Å². The molecular formula is C17H29N3OS. The van der Waals surface area contributed by atoms with E-state index in [4.69, 9.17) is 12.2 Å². The molecule has 0 atom stereocenters. The van der Waals surface area contributed by atoms with E-state index in [-0.39, 0.29) is 11.3 Å². The molecule has 0 aliphatic heterocycles. The van der Waals surface area contributed by atoms with Crippen LogP contribution in [0, 0.1) is 23.2 Å². The average molecular weight is 324 g/mol. The van der Waals surface area contributed by atoms with Crippen LogP contribution in [0.5, 0.6) is 0 Å². The SMILES string of the molecule is CN(C)CCCNC(=S)NC(=O)C12CC3CC(CC(C3)C1)C2. The molecule has 4 saturated carbocycles. The summed E-state index contributed by atoms with van der Waals surface area (Å²) in [6.45, 7) is 1.84. The zero-order valence-corrected chi connectivity index (χ0v) is 14.7. The first kappa shape index (κ1) is 16.2. The van der Waals surface area contributed by atoms with E-state index < -0.39 is 0 Å². The van der Waals surface area contributed by atoms with Gasteiger partial charge in [0.1, 0.15) is 0 Å². The Morgan fingerprint density at radius 3 is 2.18 bits per heavy atom. The van der Waals surface area contributed by atoms with Crippen LogP contribution in [0.1, 0.15) is 44.9 Å². The van der Waals surface area contributed by atoms with Crippen LogP contribution in [0.3, 0.4) is 0 Å². The molecule has 0 unspecified atom stereocenters. The lowest BCUT2D eigenvalue weighted by atomic mass is 9.49. The van der Waals surface area contributed by atoms with Crippen LogP contribution in [0.2, 0.25) is 0 Å². The summed E-state index contributed by atoms with van der Waals surface area (Å²) in [4.78, 5) is 15.0. The number of thiocarbonyl (C=S) groups is 1. The Balaban J connectivity index is 1.48. The monoisotopic (exact) mass is 323 g/mol. The fourth-order valence-corrected chi connectivity index (χ4v) is 5.46. The van der Waals surface area contributed by atoms with Crippen molar-refractivity contribution >= 4 is 23.2 Å². The number of carbonyl (C=O) groups is 1. The lowest BCUT2D eigenvalue weighted by molar-refractivity contribution is -0.144. The second-order valence-electron chi connectivity index (χ2n) is 8.06. The van der Waals surface area contributed by atoms with E-state index in [2.05, 4.69) is 29.6 Å². The molecule has 4 aliphatic carbocycles. The zero-order valence-electron chi connectivity index (χ0n) is 13.9. The number of amides is 1. The lowest BCUT2D eigenvalue weighted by Crippen LogP contribution is -2.55. The Bertz CT molecular complexity index is 414. The molecule has 4 nitrogen and oxygen atoms in total. The van der Waals surface area contributed by atoms with Crippen molar-refractivity contribution in [1.82, 2.24) is 15.5 Å². The van der Waals surface area contributed by atoms with Crippen molar-refractivity contribution in [3.8, 4) is 0 Å². The average Bonchev–Trinajstić information content (AvgIpc) is 2.42. The van der Waals surface area contributed by atoms with E-state index in [9.17, 15) is 4.79 Å². The van der Waals surface area contributed by atoms with Gasteiger partial charge < -0.3 is 15.5 Å². The van der Waals surface area contributed by atoms with Crippen molar-refractivity contribution in [2.75, 3.05) is 27.2 Å². The van der Waals surface area contributed by atoms with Crippen LogP contribution >= 0.6 is 12.2 Å². The first-order valence-electron chi connectivity index (χ1n) is 8.71. The second-order valence-corrected chi connectivity index (χ2v) is 8.47. The predicted octanol–water partition coefficient (Wildman–Crippen LogP) is 2.15. The van der Waals surface area contributed by atoms with Gasteiger partial charge in [-0.2, -0.15) is 0 Å². The Morgan fingerprint density at radius 2 is 1.68 bits per heavy atom. The first-order chi connectivity index (χ1) is 10.5. The zero-order chi connectivity index (χ0) is 15.7. The minimum atomic E-state index is -0.107. The smallest absolute Gasteiger partial charge is 0.232 e. The van der Waals surface area contributed by atoms with Gasteiger partial charge in [0.05, 0.1) is 5.41 Å². The van der Waals surface area contributed by atoms with Crippen LogP contribution in [0.25, 0.3) is 0 Å². The summed E-state index contributed by atoms with van der Waals surface area (Å²) in [5.41, 5.74) is -0.107. The fraction of sp³-hybridized carbons (Fsp3) is 0.882. The molecule has 0 radical (unpaired) electrons. The highest BCUT2D eigenvalue weighted by Crippen LogP contribution is 2.60. The third-order valence-corrected chi connectivity index (χ3v) is 6.06. The summed E-state index contributed by atoms with van der Waals surface area (Å²) < 4.78 is 0.